The molecule has 166 valence electrons. The number of carbonyl (C=O) groups is 2. The van der Waals surface area contributed by atoms with Crippen molar-refractivity contribution in [1.29, 1.82) is 0 Å². The Labute approximate surface area is 197 Å². The smallest absolute Gasteiger partial charge is 0.298 e. The van der Waals surface area contributed by atoms with E-state index in [4.69, 9.17) is 23.8 Å². The van der Waals surface area contributed by atoms with E-state index in [1.54, 1.807) is 54.6 Å². The molecule has 2 amide bonds. The molecule has 0 aromatic heterocycles. The molecular weight excluding hydrogens is 473 g/mol. The molecule has 1 aliphatic rings. The number of benzene rings is 3. The van der Waals surface area contributed by atoms with Crippen molar-refractivity contribution < 1.29 is 22.8 Å². The van der Waals surface area contributed by atoms with Crippen LogP contribution in [0.15, 0.2) is 78.4 Å². The van der Waals surface area contributed by atoms with E-state index >= 15 is 0 Å². The highest BCUT2D eigenvalue weighted by Gasteiger charge is 2.34. The van der Waals surface area contributed by atoms with Crippen molar-refractivity contribution in [2.45, 2.75) is 6.18 Å². The normalized spacial score (nSPS) is 15.7. The molecule has 1 saturated heterocycles. The lowest BCUT2D eigenvalue weighted by Crippen LogP contribution is -2.54. The number of amides is 2. The van der Waals surface area contributed by atoms with Gasteiger partial charge in [0.2, 0.25) is 0 Å². The molecule has 33 heavy (non-hydrogen) atoms. The Hall–Kier alpha value is -3.49. The highest BCUT2D eigenvalue weighted by molar-refractivity contribution is 7.80. The minimum Gasteiger partial charge on any atom is -0.298 e. The molecule has 0 spiro atoms. The maximum atomic E-state index is 13.0. The van der Waals surface area contributed by atoms with Crippen molar-refractivity contribution in [3.8, 4) is 11.1 Å². The summed E-state index contributed by atoms with van der Waals surface area (Å²) in [6.07, 6.45) is -3.04. The van der Waals surface area contributed by atoms with E-state index in [1.807, 2.05) is 0 Å². The van der Waals surface area contributed by atoms with E-state index in [2.05, 4.69) is 5.32 Å². The van der Waals surface area contributed by atoms with Crippen LogP contribution in [0, 0.1) is 0 Å². The molecule has 1 N–H and O–H groups in total. The first-order valence-electron chi connectivity index (χ1n) is 9.58. The summed E-state index contributed by atoms with van der Waals surface area (Å²) in [5, 5.41) is 2.92. The van der Waals surface area contributed by atoms with Crippen molar-refractivity contribution in [2.75, 3.05) is 4.90 Å². The molecule has 0 atom stereocenters. The molecule has 9 heteroatoms. The van der Waals surface area contributed by atoms with Crippen molar-refractivity contribution in [1.82, 2.24) is 5.32 Å². The van der Waals surface area contributed by atoms with E-state index in [1.165, 1.54) is 17.0 Å². The number of anilines is 1. The first kappa shape index (κ1) is 22.7. The summed E-state index contributed by atoms with van der Waals surface area (Å²) in [7, 11) is 0. The summed E-state index contributed by atoms with van der Waals surface area (Å²) in [4.78, 5) is 26.6. The van der Waals surface area contributed by atoms with Crippen LogP contribution in [0.5, 0.6) is 0 Å². The number of nitrogens with one attached hydrogen (secondary N) is 1. The second-order valence-electron chi connectivity index (χ2n) is 7.13. The Morgan fingerprint density at radius 2 is 1.58 bits per heavy atom. The first-order chi connectivity index (χ1) is 15.6. The van der Waals surface area contributed by atoms with Gasteiger partial charge in [0.25, 0.3) is 11.8 Å². The van der Waals surface area contributed by atoms with Crippen molar-refractivity contribution in [3.63, 3.8) is 0 Å². The predicted octanol–water partition coefficient (Wildman–Crippen LogP) is 5.86. The van der Waals surface area contributed by atoms with E-state index in [-0.39, 0.29) is 10.7 Å². The lowest BCUT2D eigenvalue weighted by molar-refractivity contribution is -0.137. The number of alkyl halides is 3. The van der Waals surface area contributed by atoms with Crippen LogP contribution in [0.4, 0.5) is 18.9 Å². The van der Waals surface area contributed by atoms with Crippen LogP contribution in [0.2, 0.25) is 5.02 Å². The number of rotatable bonds is 3. The number of carbonyl (C=O) groups excluding carboxylic acids is 2. The number of nitrogens with zero attached hydrogens (tertiary/aromatic N) is 1. The van der Waals surface area contributed by atoms with Crippen LogP contribution < -0.4 is 10.2 Å². The van der Waals surface area contributed by atoms with Crippen LogP contribution in [0.25, 0.3) is 17.2 Å². The Kier molecular flexibility index (Phi) is 6.05. The predicted molar refractivity (Wildman–Crippen MR) is 125 cm³/mol. The summed E-state index contributed by atoms with van der Waals surface area (Å²) in [6, 6.07) is 17.9. The molecule has 0 unspecified atom stereocenters. The third kappa shape index (κ3) is 4.81. The van der Waals surface area contributed by atoms with Crippen LogP contribution >= 0.6 is 23.8 Å². The van der Waals surface area contributed by atoms with Crippen molar-refractivity contribution >= 4 is 52.5 Å². The summed E-state index contributed by atoms with van der Waals surface area (Å²) in [5.74, 6) is -1.25. The zero-order valence-corrected chi connectivity index (χ0v) is 18.3. The number of hydrogen-bond acceptors (Lipinski definition) is 3. The number of thiocarbonyl (C=S) groups is 1. The molecule has 1 fully saturated rings. The van der Waals surface area contributed by atoms with Crippen LogP contribution in [0.1, 0.15) is 11.1 Å². The molecule has 1 aliphatic heterocycles. The van der Waals surface area contributed by atoms with E-state index in [0.717, 1.165) is 12.1 Å². The lowest BCUT2D eigenvalue weighted by Gasteiger charge is -2.28. The molecule has 3 aromatic carbocycles. The minimum atomic E-state index is -4.44. The standard InChI is InChI=1S/C24H14ClF3N2O2S/c25-18-8-10-19(11-9-18)30-22(32)20(21(31)29-23(30)33)12-14-4-6-15(7-5-14)16-2-1-3-17(13-16)24(26,27)28/h1-13H,(H,29,31,33). The Balaban J connectivity index is 1.63. The molecule has 0 aliphatic carbocycles. The largest absolute Gasteiger partial charge is 0.416 e. The van der Waals surface area contributed by atoms with Gasteiger partial charge in [0.05, 0.1) is 11.3 Å². The highest BCUT2D eigenvalue weighted by atomic mass is 35.5. The maximum Gasteiger partial charge on any atom is 0.416 e. The topological polar surface area (TPSA) is 49.4 Å². The molecule has 3 aromatic rings. The minimum absolute atomic E-state index is 0.0515. The van der Waals surface area contributed by atoms with Gasteiger partial charge in [0.1, 0.15) is 5.57 Å². The van der Waals surface area contributed by atoms with Gasteiger partial charge in [-0.15, -0.1) is 0 Å². The SMILES string of the molecule is O=C1NC(=S)N(c2ccc(Cl)cc2)C(=O)C1=Cc1ccc(-c2cccc(C(F)(F)F)c2)cc1. The summed E-state index contributed by atoms with van der Waals surface area (Å²) >= 11 is 11.1. The van der Waals surface area contributed by atoms with Crippen molar-refractivity contribution in [3.05, 3.63) is 94.5 Å². The second-order valence-corrected chi connectivity index (χ2v) is 7.96. The third-order valence-electron chi connectivity index (χ3n) is 4.93. The summed E-state index contributed by atoms with van der Waals surface area (Å²) in [6.45, 7) is 0. The molecular formula is C24H14ClF3N2O2S. The van der Waals surface area contributed by atoms with E-state index in [0.29, 0.717) is 27.4 Å². The van der Waals surface area contributed by atoms with Gasteiger partial charge in [-0.3, -0.25) is 19.8 Å². The fourth-order valence-electron chi connectivity index (χ4n) is 3.30. The highest BCUT2D eigenvalue weighted by Crippen LogP contribution is 2.32. The average Bonchev–Trinajstić information content (AvgIpc) is 2.78. The molecule has 4 nitrogen and oxygen atoms in total. The molecule has 0 saturated carbocycles. The Bertz CT molecular complexity index is 1290. The van der Waals surface area contributed by atoms with Gasteiger partial charge >= 0.3 is 6.18 Å². The monoisotopic (exact) mass is 486 g/mol. The fraction of sp³-hybridized carbons (Fsp3) is 0.0417. The summed E-state index contributed by atoms with van der Waals surface area (Å²) < 4.78 is 39.0. The molecule has 0 bridgehead atoms. The quantitative estimate of drug-likeness (QED) is 0.287. The van der Waals surface area contributed by atoms with Crippen LogP contribution in [-0.4, -0.2) is 16.9 Å². The van der Waals surface area contributed by atoms with Gasteiger partial charge in [0.15, 0.2) is 5.11 Å². The van der Waals surface area contributed by atoms with Gasteiger partial charge in [-0.2, -0.15) is 13.2 Å². The van der Waals surface area contributed by atoms with Crippen molar-refractivity contribution in [2.24, 2.45) is 0 Å². The van der Waals surface area contributed by atoms with Gasteiger partial charge in [-0.1, -0.05) is 48.0 Å². The third-order valence-corrected chi connectivity index (χ3v) is 5.47. The second kappa shape index (κ2) is 8.80. The number of halogens is 4. The zero-order valence-electron chi connectivity index (χ0n) is 16.7. The van der Waals surface area contributed by atoms with Gasteiger partial charge in [0, 0.05) is 5.02 Å². The van der Waals surface area contributed by atoms with Gasteiger partial charge < -0.3 is 0 Å². The molecule has 4 rings (SSSR count). The van der Waals surface area contributed by atoms with E-state index < -0.39 is 23.6 Å². The first-order valence-corrected chi connectivity index (χ1v) is 10.4. The fourth-order valence-corrected chi connectivity index (χ4v) is 3.70. The Morgan fingerprint density at radius 3 is 2.21 bits per heavy atom. The van der Waals surface area contributed by atoms with Crippen LogP contribution in [0.3, 0.4) is 0 Å². The lowest BCUT2D eigenvalue weighted by atomic mass is 10.0. The average molecular weight is 487 g/mol. The van der Waals surface area contributed by atoms with E-state index in [9.17, 15) is 22.8 Å². The zero-order chi connectivity index (χ0) is 23.8. The molecule has 0 radical (unpaired) electrons. The van der Waals surface area contributed by atoms with Crippen LogP contribution in [-0.2, 0) is 15.8 Å². The summed E-state index contributed by atoms with van der Waals surface area (Å²) in [5.41, 5.74) is 1.05. The van der Waals surface area contributed by atoms with Gasteiger partial charge in [-0.25, -0.2) is 0 Å². The number of hydrogen-bond donors (Lipinski definition) is 1. The Morgan fingerprint density at radius 1 is 0.909 bits per heavy atom. The maximum absolute atomic E-state index is 13.0. The van der Waals surface area contributed by atoms with Gasteiger partial charge in [-0.05, 0) is 71.4 Å². The molecule has 1 heterocycles.